The summed E-state index contributed by atoms with van der Waals surface area (Å²) in [6.45, 7) is 0.811. The molecule has 0 radical (unpaired) electrons. The van der Waals surface area contributed by atoms with Crippen LogP contribution in [0.4, 0.5) is 0 Å². The van der Waals surface area contributed by atoms with Crippen molar-refractivity contribution in [3.63, 3.8) is 0 Å². The Morgan fingerprint density at radius 1 is 1.35 bits per heavy atom. The standard InChI is InChI=1S/C10H21N5OS/c11-14-15-12-9-16-13-7-4-8-17-10-5-2-1-3-6-10/h9-10,13H,1-8H2,(H2,11,15)/b12-9+. The molecule has 1 saturated carbocycles. The highest BCUT2D eigenvalue weighted by atomic mass is 32.2. The largest absolute Gasteiger partial charge is 0.395 e. The molecule has 0 saturated heterocycles. The summed E-state index contributed by atoms with van der Waals surface area (Å²) in [4.78, 5) is 4.87. The zero-order valence-corrected chi connectivity index (χ0v) is 10.9. The van der Waals surface area contributed by atoms with Gasteiger partial charge in [-0.15, -0.1) is 0 Å². The minimum absolute atomic E-state index is 0.811. The summed E-state index contributed by atoms with van der Waals surface area (Å²) in [5.74, 6) is 5.93. The Morgan fingerprint density at radius 2 is 2.18 bits per heavy atom. The van der Waals surface area contributed by atoms with E-state index in [0.717, 1.165) is 18.2 Å². The van der Waals surface area contributed by atoms with Gasteiger partial charge in [0, 0.05) is 11.8 Å². The van der Waals surface area contributed by atoms with E-state index in [9.17, 15) is 0 Å². The number of thioether (sulfide) groups is 1. The van der Waals surface area contributed by atoms with E-state index in [1.54, 1.807) is 0 Å². The van der Waals surface area contributed by atoms with E-state index in [4.69, 9.17) is 10.7 Å². The maximum atomic E-state index is 4.87. The van der Waals surface area contributed by atoms with Crippen molar-refractivity contribution in [1.82, 2.24) is 5.48 Å². The van der Waals surface area contributed by atoms with E-state index >= 15 is 0 Å². The van der Waals surface area contributed by atoms with Crippen LogP contribution in [0.25, 0.3) is 0 Å². The first-order valence-electron chi connectivity index (χ1n) is 6.05. The summed E-state index contributed by atoms with van der Waals surface area (Å²) in [7, 11) is 0. The molecule has 0 aromatic heterocycles. The van der Waals surface area contributed by atoms with Crippen LogP contribution in [0.15, 0.2) is 15.5 Å². The van der Waals surface area contributed by atoms with Gasteiger partial charge in [-0.25, -0.2) is 0 Å². The van der Waals surface area contributed by atoms with Crippen LogP contribution in [0, 0.1) is 0 Å². The molecule has 1 aliphatic carbocycles. The van der Waals surface area contributed by atoms with E-state index < -0.39 is 0 Å². The first-order chi connectivity index (χ1) is 8.43. The summed E-state index contributed by atoms with van der Waals surface area (Å²) in [5.41, 5.74) is 2.78. The van der Waals surface area contributed by atoms with Crippen molar-refractivity contribution >= 4 is 18.2 Å². The van der Waals surface area contributed by atoms with Gasteiger partial charge in [0.15, 0.2) is 0 Å². The molecule has 98 valence electrons. The van der Waals surface area contributed by atoms with E-state index in [0.29, 0.717) is 0 Å². The molecular weight excluding hydrogens is 238 g/mol. The number of nitrogens with two attached hydrogens (primary N) is 1. The maximum absolute atomic E-state index is 4.87. The number of rotatable bonds is 8. The van der Waals surface area contributed by atoms with E-state index in [1.165, 1.54) is 44.3 Å². The topological polar surface area (TPSA) is 84.4 Å². The molecule has 0 aromatic rings. The molecule has 0 unspecified atom stereocenters. The van der Waals surface area contributed by atoms with Crippen molar-refractivity contribution in [3.05, 3.63) is 0 Å². The van der Waals surface area contributed by atoms with Gasteiger partial charge in [-0.3, -0.25) is 0 Å². The quantitative estimate of drug-likeness (QED) is 0.175. The molecule has 7 heteroatoms. The van der Waals surface area contributed by atoms with Gasteiger partial charge in [0.05, 0.1) is 0 Å². The van der Waals surface area contributed by atoms with Crippen LogP contribution in [-0.2, 0) is 4.84 Å². The van der Waals surface area contributed by atoms with Gasteiger partial charge in [0.25, 0.3) is 0 Å². The minimum atomic E-state index is 0.811. The number of hydrogen-bond donors (Lipinski definition) is 2. The average Bonchev–Trinajstić information content (AvgIpc) is 2.38. The third-order valence-electron chi connectivity index (χ3n) is 2.62. The molecule has 6 nitrogen and oxygen atoms in total. The highest BCUT2D eigenvalue weighted by Crippen LogP contribution is 2.28. The molecule has 1 aliphatic rings. The minimum Gasteiger partial charge on any atom is -0.395 e. The Morgan fingerprint density at radius 3 is 2.94 bits per heavy atom. The molecule has 0 spiro atoms. The second kappa shape index (κ2) is 10.3. The zero-order valence-electron chi connectivity index (χ0n) is 10.0. The van der Waals surface area contributed by atoms with Gasteiger partial charge in [-0.2, -0.15) is 17.2 Å². The second-order valence-corrected chi connectivity index (χ2v) is 5.33. The fraction of sp³-hybridized carbons (Fsp3) is 0.900. The lowest BCUT2D eigenvalue weighted by Crippen LogP contribution is -2.16. The number of hydroxylamine groups is 1. The first kappa shape index (κ1) is 14.2. The molecule has 0 atom stereocenters. The van der Waals surface area contributed by atoms with Crippen molar-refractivity contribution in [2.24, 2.45) is 21.4 Å². The summed E-state index contributed by atoms with van der Waals surface area (Å²) in [6.07, 6.45) is 9.29. The smallest absolute Gasteiger partial charge is 0.223 e. The second-order valence-electron chi connectivity index (χ2n) is 3.92. The summed E-state index contributed by atoms with van der Waals surface area (Å²) in [5, 5.41) is 10.4. The number of nitrogens with zero attached hydrogens (tertiary/aromatic N) is 3. The van der Waals surface area contributed by atoms with Crippen molar-refractivity contribution in [2.75, 3.05) is 12.3 Å². The van der Waals surface area contributed by atoms with Gasteiger partial charge >= 0.3 is 0 Å². The maximum Gasteiger partial charge on any atom is 0.223 e. The van der Waals surface area contributed by atoms with Gasteiger partial charge in [-0.1, -0.05) is 29.6 Å². The van der Waals surface area contributed by atoms with Gasteiger partial charge in [-0.05, 0) is 30.2 Å². The fourth-order valence-corrected chi connectivity index (χ4v) is 3.11. The predicted molar refractivity (Wildman–Crippen MR) is 70.6 cm³/mol. The molecule has 3 N–H and O–H groups in total. The zero-order chi connectivity index (χ0) is 12.2. The molecule has 0 amide bonds. The SMILES string of the molecule is N/N=N/N=C/ONCCCSC1CCCCC1. The van der Waals surface area contributed by atoms with Crippen LogP contribution in [0.2, 0.25) is 0 Å². The lowest BCUT2D eigenvalue weighted by molar-refractivity contribution is 0.193. The Hall–Kier alpha value is -0.820. The molecule has 0 heterocycles. The third kappa shape index (κ3) is 7.98. The lowest BCUT2D eigenvalue weighted by Gasteiger charge is -2.20. The Labute approximate surface area is 106 Å². The Kier molecular flexibility index (Phi) is 8.66. The average molecular weight is 259 g/mol. The van der Waals surface area contributed by atoms with Crippen LogP contribution in [0.1, 0.15) is 38.5 Å². The van der Waals surface area contributed by atoms with E-state index in [-0.39, 0.29) is 0 Å². The number of nitrogens with one attached hydrogen (secondary N) is 1. The lowest BCUT2D eigenvalue weighted by atomic mass is 10.0. The van der Waals surface area contributed by atoms with Gasteiger partial charge < -0.3 is 10.7 Å². The molecule has 0 aromatic carbocycles. The summed E-state index contributed by atoms with van der Waals surface area (Å²) < 4.78 is 0. The molecule has 1 rings (SSSR count). The molecule has 1 fully saturated rings. The van der Waals surface area contributed by atoms with Crippen molar-refractivity contribution in [1.29, 1.82) is 0 Å². The predicted octanol–water partition coefficient (Wildman–Crippen LogP) is 2.23. The van der Waals surface area contributed by atoms with Crippen LogP contribution in [0.3, 0.4) is 0 Å². The Balaban J connectivity index is 1.83. The molecular formula is C10H21N5OS. The van der Waals surface area contributed by atoms with Gasteiger partial charge in [0.1, 0.15) is 0 Å². The van der Waals surface area contributed by atoms with Crippen molar-refractivity contribution < 1.29 is 4.84 Å². The van der Waals surface area contributed by atoms with Crippen LogP contribution >= 0.6 is 11.8 Å². The highest BCUT2D eigenvalue weighted by Gasteiger charge is 2.12. The molecule has 17 heavy (non-hydrogen) atoms. The van der Waals surface area contributed by atoms with Crippen molar-refractivity contribution in [3.8, 4) is 0 Å². The monoisotopic (exact) mass is 259 g/mol. The van der Waals surface area contributed by atoms with Crippen LogP contribution in [0.5, 0.6) is 0 Å². The highest BCUT2D eigenvalue weighted by molar-refractivity contribution is 7.99. The van der Waals surface area contributed by atoms with Crippen LogP contribution in [-0.4, -0.2) is 23.9 Å². The van der Waals surface area contributed by atoms with Crippen molar-refractivity contribution in [2.45, 2.75) is 43.8 Å². The third-order valence-corrected chi connectivity index (χ3v) is 4.08. The summed E-state index contributed by atoms with van der Waals surface area (Å²) in [6, 6.07) is 0. The summed E-state index contributed by atoms with van der Waals surface area (Å²) >= 11 is 2.09. The first-order valence-corrected chi connectivity index (χ1v) is 7.10. The van der Waals surface area contributed by atoms with E-state index in [1.807, 2.05) is 0 Å². The Bertz CT molecular complexity index is 231. The molecule has 0 bridgehead atoms. The van der Waals surface area contributed by atoms with Crippen LogP contribution < -0.4 is 11.3 Å². The number of hydrogen-bond acceptors (Lipinski definition) is 5. The van der Waals surface area contributed by atoms with Gasteiger partial charge in [0.2, 0.25) is 6.40 Å². The fourth-order valence-electron chi connectivity index (χ4n) is 1.80. The normalized spacial score (nSPS) is 18.1. The molecule has 0 aliphatic heterocycles. The van der Waals surface area contributed by atoms with E-state index in [2.05, 4.69) is 32.8 Å².